The van der Waals surface area contributed by atoms with Gasteiger partial charge in [-0.3, -0.25) is 10.1 Å². The van der Waals surface area contributed by atoms with Gasteiger partial charge in [-0.2, -0.15) is 0 Å². The van der Waals surface area contributed by atoms with E-state index in [-0.39, 0.29) is 23.4 Å². The second-order valence-electron chi connectivity index (χ2n) is 5.30. The Bertz CT molecular complexity index is 1050. The highest BCUT2D eigenvalue weighted by atomic mass is 16.6. The lowest BCUT2D eigenvalue weighted by Gasteiger charge is -2.08. The highest BCUT2D eigenvalue weighted by Crippen LogP contribution is 2.24. The molecule has 3 aromatic rings. The van der Waals surface area contributed by atoms with Gasteiger partial charge in [-0.05, 0) is 18.2 Å². The van der Waals surface area contributed by atoms with Gasteiger partial charge in [-0.25, -0.2) is 9.59 Å². The van der Waals surface area contributed by atoms with Gasteiger partial charge in [0.25, 0.3) is 5.69 Å². The third-order valence-electron chi connectivity index (χ3n) is 3.72. The van der Waals surface area contributed by atoms with Crippen molar-refractivity contribution >= 4 is 22.6 Å². The molecule has 3 rings (SSSR count). The van der Waals surface area contributed by atoms with E-state index in [2.05, 4.69) is 0 Å². The maximum Gasteiger partial charge on any atom is 0.345 e. The molecule has 26 heavy (non-hydrogen) atoms. The van der Waals surface area contributed by atoms with E-state index in [9.17, 15) is 19.7 Å². The van der Waals surface area contributed by atoms with Crippen LogP contribution in [0.2, 0.25) is 0 Å². The second kappa shape index (κ2) is 7.06. The zero-order valence-electron chi connectivity index (χ0n) is 13.6. The number of fused-ring (bicyclic) bond motifs is 1. The highest BCUT2D eigenvalue weighted by Gasteiger charge is 2.21. The van der Waals surface area contributed by atoms with Crippen LogP contribution in [0.1, 0.15) is 15.9 Å². The first-order chi connectivity index (χ1) is 12.5. The molecule has 2 aromatic carbocycles. The molecule has 0 aliphatic rings. The van der Waals surface area contributed by atoms with Crippen molar-refractivity contribution in [3.63, 3.8) is 0 Å². The number of nitrogens with zero attached hydrogens (tertiary/aromatic N) is 1. The molecule has 0 amide bonds. The number of rotatable bonds is 5. The van der Waals surface area contributed by atoms with E-state index in [0.29, 0.717) is 16.7 Å². The quantitative estimate of drug-likeness (QED) is 0.299. The van der Waals surface area contributed by atoms with Crippen molar-refractivity contribution in [3.05, 3.63) is 80.2 Å². The van der Waals surface area contributed by atoms with Gasteiger partial charge in [0.2, 0.25) is 0 Å². The Morgan fingerprint density at radius 3 is 2.69 bits per heavy atom. The van der Waals surface area contributed by atoms with Gasteiger partial charge >= 0.3 is 11.6 Å². The van der Waals surface area contributed by atoms with Crippen molar-refractivity contribution in [1.82, 2.24) is 0 Å². The standard InChI is InChI=1S/C18H13NO7/c1-24-12-6-7-13-11(8-17(20)26-16(13)9-12)10-25-18(21)14-4-2-3-5-15(14)19(22)23/h2-9H,10H2,1H3. The summed E-state index contributed by atoms with van der Waals surface area (Å²) in [6, 6.07) is 11.6. The summed E-state index contributed by atoms with van der Waals surface area (Å²) in [6.45, 7) is -0.237. The number of nitro groups is 1. The predicted octanol–water partition coefficient (Wildman–Crippen LogP) is 3.07. The zero-order chi connectivity index (χ0) is 18.7. The van der Waals surface area contributed by atoms with Crippen LogP contribution >= 0.6 is 0 Å². The van der Waals surface area contributed by atoms with Crippen LogP contribution < -0.4 is 10.4 Å². The van der Waals surface area contributed by atoms with Crippen molar-refractivity contribution in [2.75, 3.05) is 7.11 Å². The van der Waals surface area contributed by atoms with Gasteiger partial charge in [0, 0.05) is 29.1 Å². The maximum atomic E-state index is 12.2. The molecule has 0 N–H and O–H groups in total. The van der Waals surface area contributed by atoms with Gasteiger partial charge in [0.05, 0.1) is 12.0 Å². The molecule has 1 aromatic heterocycles. The number of carbonyl (C=O) groups is 1. The summed E-state index contributed by atoms with van der Waals surface area (Å²) in [5, 5.41) is 11.6. The molecule has 0 bridgehead atoms. The van der Waals surface area contributed by atoms with Gasteiger partial charge < -0.3 is 13.9 Å². The Hall–Kier alpha value is -3.68. The molecule has 0 fully saturated rings. The van der Waals surface area contributed by atoms with Gasteiger partial charge in [0.15, 0.2) is 0 Å². The zero-order valence-corrected chi connectivity index (χ0v) is 13.6. The SMILES string of the molecule is COc1ccc2c(COC(=O)c3ccccc3[N+](=O)[O-])cc(=O)oc2c1. The molecule has 0 aliphatic carbocycles. The largest absolute Gasteiger partial charge is 0.497 e. The van der Waals surface area contributed by atoms with Gasteiger partial charge in [-0.1, -0.05) is 12.1 Å². The average Bonchev–Trinajstić information content (AvgIpc) is 2.65. The Kier molecular flexibility index (Phi) is 4.66. The third kappa shape index (κ3) is 3.39. The molecule has 0 unspecified atom stereocenters. The van der Waals surface area contributed by atoms with Crippen LogP contribution in [-0.2, 0) is 11.3 Å². The van der Waals surface area contributed by atoms with Crippen LogP contribution in [0.15, 0.2) is 57.7 Å². The van der Waals surface area contributed by atoms with Crippen LogP contribution in [-0.4, -0.2) is 18.0 Å². The molecular formula is C18H13NO7. The highest BCUT2D eigenvalue weighted by molar-refractivity contribution is 5.94. The molecule has 0 saturated carbocycles. The average molecular weight is 355 g/mol. The number of nitro benzene ring substituents is 1. The van der Waals surface area contributed by atoms with Crippen molar-refractivity contribution in [1.29, 1.82) is 0 Å². The number of carbonyl (C=O) groups excluding carboxylic acids is 1. The summed E-state index contributed by atoms with van der Waals surface area (Å²) in [5.74, 6) is -0.345. The van der Waals surface area contributed by atoms with Crippen LogP contribution in [0.25, 0.3) is 11.0 Å². The Morgan fingerprint density at radius 2 is 1.96 bits per heavy atom. The number of benzene rings is 2. The van der Waals surface area contributed by atoms with E-state index < -0.39 is 16.5 Å². The van der Waals surface area contributed by atoms with Gasteiger partial charge in [-0.15, -0.1) is 0 Å². The lowest BCUT2D eigenvalue weighted by Crippen LogP contribution is -2.10. The lowest BCUT2D eigenvalue weighted by molar-refractivity contribution is -0.385. The van der Waals surface area contributed by atoms with Crippen molar-refractivity contribution in [2.24, 2.45) is 0 Å². The first kappa shape index (κ1) is 17.2. The van der Waals surface area contributed by atoms with E-state index in [4.69, 9.17) is 13.9 Å². The number of esters is 1. The Labute approximate surface area is 146 Å². The number of ether oxygens (including phenoxy) is 2. The van der Waals surface area contributed by atoms with Gasteiger partial charge in [0.1, 0.15) is 23.5 Å². The monoisotopic (exact) mass is 355 g/mol. The summed E-state index contributed by atoms with van der Waals surface area (Å²) in [7, 11) is 1.48. The molecule has 8 nitrogen and oxygen atoms in total. The van der Waals surface area contributed by atoms with Crippen LogP contribution in [0.3, 0.4) is 0 Å². The fourth-order valence-corrected chi connectivity index (χ4v) is 2.48. The molecular weight excluding hydrogens is 342 g/mol. The molecule has 8 heteroatoms. The van der Waals surface area contributed by atoms with Crippen molar-refractivity contribution in [2.45, 2.75) is 6.61 Å². The topological polar surface area (TPSA) is 109 Å². The number of hydrogen-bond acceptors (Lipinski definition) is 7. The van der Waals surface area contributed by atoms with E-state index in [1.165, 1.54) is 37.4 Å². The molecule has 0 spiro atoms. The minimum absolute atomic E-state index is 0.161. The van der Waals surface area contributed by atoms with E-state index >= 15 is 0 Å². The summed E-state index contributed by atoms with van der Waals surface area (Å²) < 4.78 is 15.4. The third-order valence-corrected chi connectivity index (χ3v) is 3.72. The number of hydrogen-bond donors (Lipinski definition) is 0. The van der Waals surface area contributed by atoms with E-state index in [0.717, 1.165) is 0 Å². The fraction of sp³-hybridized carbons (Fsp3) is 0.111. The summed E-state index contributed by atoms with van der Waals surface area (Å²) >= 11 is 0. The molecule has 0 saturated heterocycles. The predicted molar refractivity (Wildman–Crippen MR) is 91.3 cm³/mol. The van der Waals surface area contributed by atoms with E-state index in [1.807, 2.05) is 0 Å². The molecule has 132 valence electrons. The first-order valence-corrected chi connectivity index (χ1v) is 7.51. The van der Waals surface area contributed by atoms with Crippen molar-refractivity contribution in [3.8, 4) is 5.75 Å². The van der Waals surface area contributed by atoms with Crippen LogP contribution in [0.5, 0.6) is 5.75 Å². The molecule has 0 aliphatic heterocycles. The Morgan fingerprint density at radius 1 is 1.19 bits per heavy atom. The first-order valence-electron chi connectivity index (χ1n) is 7.51. The summed E-state index contributed by atoms with van der Waals surface area (Å²) in [4.78, 5) is 34.3. The molecule has 0 atom stereocenters. The second-order valence-corrected chi connectivity index (χ2v) is 5.30. The minimum atomic E-state index is -0.854. The normalized spacial score (nSPS) is 10.5. The van der Waals surface area contributed by atoms with Crippen molar-refractivity contribution < 1.29 is 23.6 Å². The number of methoxy groups -OCH3 is 1. The van der Waals surface area contributed by atoms with Crippen LogP contribution in [0.4, 0.5) is 5.69 Å². The summed E-state index contributed by atoms with van der Waals surface area (Å²) in [6.07, 6.45) is 0. The molecule has 0 radical (unpaired) electrons. The smallest absolute Gasteiger partial charge is 0.345 e. The van der Waals surface area contributed by atoms with E-state index in [1.54, 1.807) is 18.2 Å². The lowest BCUT2D eigenvalue weighted by atomic mass is 10.1. The Balaban J connectivity index is 1.89. The molecule has 1 heterocycles. The minimum Gasteiger partial charge on any atom is -0.497 e. The fourth-order valence-electron chi connectivity index (χ4n) is 2.48. The van der Waals surface area contributed by atoms with Crippen LogP contribution in [0, 0.1) is 10.1 Å². The maximum absolute atomic E-state index is 12.2. The summed E-state index contributed by atoms with van der Waals surface area (Å²) in [5.41, 5.74) is -0.409. The number of para-hydroxylation sites is 1.